The van der Waals surface area contributed by atoms with Gasteiger partial charge in [0, 0.05) is 23.7 Å². The van der Waals surface area contributed by atoms with Gasteiger partial charge in [0.2, 0.25) is 5.91 Å². The number of aromatic amines is 1. The molecule has 1 aliphatic heterocycles. The number of hydrogen-bond acceptors (Lipinski definition) is 5. The van der Waals surface area contributed by atoms with Gasteiger partial charge in [0.25, 0.3) is 0 Å². The summed E-state index contributed by atoms with van der Waals surface area (Å²) in [5, 5.41) is 0. The van der Waals surface area contributed by atoms with Crippen molar-refractivity contribution in [3.8, 4) is 0 Å². The van der Waals surface area contributed by atoms with Gasteiger partial charge in [-0.2, -0.15) is 0 Å². The number of nitrogens with zero attached hydrogens (tertiary/aromatic N) is 1. The van der Waals surface area contributed by atoms with Gasteiger partial charge in [-0.15, -0.1) is 11.3 Å². The minimum atomic E-state index is -2.97. The summed E-state index contributed by atoms with van der Waals surface area (Å²) in [6.07, 6.45) is 0.809. The van der Waals surface area contributed by atoms with Crippen molar-refractivity contribution in [3.05, 3.63) is 14.5 Å². The summed E-state index contributed by atoms with van der Waals surface area (Å²) >= 11 is 6.43. The standard InChI is InChI=1S/C11H16N2O3S3/c1-7-9(18-11(17)12-7)5-10(14)13(2)8-3-4-19(15,16)6-8/h8H,3-6H2,1-2H3,(H,12,17). The molecule has 1 unspecified atom stereocenters. The molecule has 0 spiro atoms. The quantitative estimate of drug-likeness (QED) is 0.852. The van der Waals surface area contributed by atoms with Gasteiger partial charge in [-0.25, -0.2) is 8.42 Å². The molecule has 2 heterocycles. The highest BCUT2D eigenvalue weighted by atomic mass is 32.2. The summed E-state index contributed by atoms with van der Waals surface area (Å²) < 4.78 is 23.5. The number of H-pyrrole nitrogens is 1. The van der Waals surface area contributed by atoms with Crippen LogP contribution in [-0.2, 0) is 21.1 Å². The van der Waals surface area contributed by atoms with Crippen LogP contribution in [0.1, 0.15) is 17.0 Å². The third-order valence-corrected chi connectivity index (χ3v) is 6.47. The molecule has 5 nitrogen and oxygen atoms in total. The summed E-state index contributed by atoms with van der Waals surface area (Å²) in [6.45, 7) is 1.88. The normalized spacial score (nSPS) is 21.5. The Hall–Kier alpha value is -0.730. The number of hydrogen-bond donors (Lipinski definition) is 1. The SMILES string of the molecule is Cc1[nH]c(=S)sc1CC(=O)N(C)C1CCS(=O)(=O)C1. The van der Waals surface area contributed by atoms with E-state index in [0.29, 0.717) is 10.4 Å². The molecule has 19 heavy (non-hydrogen) atoms. The molecule has 0 aromatic carbocycles. The minimum absolute atomic E-state index is 0.0598. The molecule has 1 atom stereocenters. The number of amides is 1. The predicted octanol–water partition coefficient (Wildman–Crippen LogP) is 1.30. The Balaban J connectivity index is 2.04. The first-order chi connectivity index (χ1) is 8.78. The minimum Gasteiger partial charge on any atom is -0.341 e. The number of aryl methyl sites for hydroxylation is 1. The molecule has 0 radical (unpaired) electrons. The third kappa shape index (κ3) is 3.43. The smallest absolute Gasteiger partial charge is 0.227 e. The fourth-order valence-corrected chi connectivity index (χ4v) is 5.21. The largest absolute Gasteiger partial charge is 0.341 e. The van der Waals surface area contributed by atoms with Crippen LogP contribution in [0.4, 0.5) is 0 Å². The molecule has 106 valence electrons. The van der Waals surface area contributed by atoms with Gasteiger partial charge in [-0.1, -0.05) is 0 Å². The summed E-state index contributed by atoms with van der Waals surface area (Å²) in [6, 6.07) is -0.190. The van der Waals surface area contributed by atoms with Crippen molar-refractivity contribution in [3.63, 3.8) is 0 Å². The highest BCUT2D eigenvalue weighted by molar-refractivity contribution is 7.91. The highest BCUT2D eigenvalue weighted by Crippen LogP contribution is 2.20. The second kappa shape index (κ2) is 5.34. The van der Waals surface area contributed by atoms with Crippen molar-refractivity contribution in [1.29, 1.82) is 0 Å². The summed E-state index contributed by atoms with van der Waals surface area (Å²) in [5.74, 6) is 0.199. The Kier molecular flexibility index (Phi) is 4.12. The molecule has 0 bridgehead atoms. The van der Waals surface area contributed by atoms with Gasteiger partial charge in [0.05, 0.1) is 17.9 Å². The first kappa shape index (κ1) is 14.7. The topological polar surface area (TPSA) is 70.2 Å². The van der Waals surface area contributed by atoms with Crippen molar-refractivity contribution in [2.45, 2.75) is 25.8 Å². The number of aromatic nitrogens is 1. The number of rotatable bonds is 3. The molecule has 1 amide bonds. The number of sulfone groups is 1. The lowest BCUT2D eigenvalue weighted by Gasteiger charge is -2.23. The number of thiazole rings is 1. The van der Waals surface area contributed by atoms with Crippen LogP contribution < -0.4 is 0 Å². The first-order valence-electron chi connectivity index (χ1n) is 5.93. The second-order valence-electron chi connectivity index (χ2n) is 4.80. The Morgan fingerprint density at radius 1 is 1.58 bits per heavy atom. The second-order valence-corrected chi connectivity index (χ2v) is 8.80. The lowest BCUT2D eigenvalue weighted by atomic mass is 10.2. The Bertz CT molecular complexity index is 644. The first-order valence-corrected chi connectivity index (χ1v) is 8.98. The summed E-state index contributed by atoms with van der Waals surface area (Å²) in [7, 11) is -1.29. The fraction of sp³-hybridized carbons (Fsp3) is 0.636. The Labute approximate surface area is 121 Å². The Morgan fingerprint density at radius 3 is 2.74 bits per heavy atom. The van der Waals surface area contributed by atoms with Crippen molar-refractivity contribution >= 4 is 39.3 Å². The van der Waals surface area contributed by atoms with Crippen molar-refractivity contribution in [1.82, 2.24) is 9.88 Å². The summed E-state index contributed by atoms with van der Waals surface area (Å²) in [4.78, 5) is 17.6. The molecular formula is C11H16N2O3S3. The van der Waals surface area contributed by atoms with Crippen LogP contribution in [0.5, 0.6) is 0 Å². The number of nitrogens with one attached hydrogen (secondary N) is 1. The summed E-state index contributed by atoms with van der Waals surface area (Å²) in [5.41, 5.74) is 0.913. The molecule has 1 aliphatic rings. The van der Waals surface area contributed by atoms with E-state index in [4.69, 9.17) is 12.2 Å². The molecular weight excluding hydrogens is 304 g/mol. The monoisotopic (exact) mass is 320 g/mol. The Morgan fingerprint density at radius 2 is 2.26 bits per heavy atom. The molecule has 0 aliphatic carbocycles. The molecule has 1 aromatic heterocycles. The fourth-order valence-electron chi connectivity index (χ4n) is 2.15. The zero-order valence-corrected chi connectivity index (χ0v) is 13.3. The van der Waals surface area contributed by atoms with E-state index in [-0.39, 0.29) is 29.9 Å². The van der Waals surface area contributed by atoms with Gasteiger partial charge in [-0.3, -0.25) is 4.79 Å². The van der Waals surface area contributed by atoms with Crippen molar-refractivity contribution < 1.29 is 13.2 Å². The van der Waals surface area contributed by atoms with Gasteiger partial charge < -0.3 is 9.88 Å². The van der Waals surface area contributed by atoms with Crippen LogP contribution in [0, 0.1) is 10.9 Å². The maximum absolute atomic E-state index is 12.2. The number of likely N-dealkylation sites (N-methyl/N-ethyl adjacent to an activating group) is 1. The van der Waals surface area contributed by atoms with E-state index in [1.54, 1.807) is 11.9 Å². The van der Waals surface area contributed by atoms with Crippen molar-refractivity contribution in [2.24, 2.45) is 0 Å². The number of carbonyl (C=O) groups excluding carboxylic acids is 1. The highest BCUT2D eigenvalue weighted by Gasteiger charge is 2.32. The van der Waals surface area contributed by atoms with Crippen LogP contribution in [0.15, 0.2) is 0 Å². The van der Waals surface area contributed by atoms with Gasteiger partial charge in [-0.05, 0) is 25.6 Å². The lowest BCUT2D eigenvalue weighted by Crippen LogP contribution is -2.38. The zero-order valence-electron chi connectivity index (χ0n) is 10.8. The molecule has 1 aromatic rings. The molecule has 1 fully saturated rings. The van der Waals surface area contributed by atoms with E-state index >= 15 is 0 Å². The molecule has 8 heteroatoms. The third-order valence-electron chi connectivity index (χ3n) is 3.39. The average molecular weight is 320 g/mol. The van der Waals surface area contributed by atoms with E-state index in [1.807, 2.05) is 6.92 Å². The van der Waals surface area contributed by atoms with Crippen LogP contribution in [0.3, 0.4) is 0 Å². The molecule has 1 N–H and O–H groups in total. The zero-order chi connectivity index (χ0) is 14.2. The van der Waals surface area contributed by atoms with Crippen molar-refractivity contribution in [2.75, 3.05) is 18.6 Å². The van der Waals surface area contributed by atoms with Gasteiger partial charge >= 0.3 is 0 Å². The molecule has 1 saturated heterocycles. The number of carbonyl (C=O) groups is 1. The van der Waals surface area contributed by atoms with E-state index < -0.39 is 9.84 Å². The average Bonchev–Trinajstić information content (AvgIpc) is 2.81. The maximum Gasteiger partial charge on any atom is 0.227 e. The van der Waals surface area contributed by atoms with Gasteiger partial charge in [0.1, 0.15) is 0 Å². The van der Waals surface area contributed by atoms with Gasteiger partial charge in [0.15, 0.2) is 13.8 Å². The van der Waals surface area contributed by atoms with E-state index in [9.17, 15) is 13.2 Å². The predicted molar refractivity (Wildman–Crippen MR) is 77.8 cm³/mol. The lowest BCUT2D eigenvalue weighted by molar-refractivity contribution is -0.130. The molecule has 0 saturated carbocycles. The van der Waals surface area contributed by atoms with Crippen LogP contribution in [0.2, 0.25) is 0 Å². The van der Waals surface area contributed by atoms with E-state index in [0.717, 1.165) is 10.6 Å². The maximum atomic E-state index is 12.2. The van der Waals surface area contributed by atoms with E-state index in [2.05, 4.69) is 4.98 Å². The van der Waals surface area contributed by atoms with Crippen LogP contribution >= 0.6 is 23.6 Å². The van der Waals surface area contributed by atoms with Crippen LogP contribution in [-0.4, -0.2) is 48.8 Å². The molecule has 2 rings (SSSR count). The van der Waals surface area contributed by atoms with Crippen LogP contribution in [0.25, 0.3) is 0 Å². The van der Waals surface area contributed by atoms with E-state index in [1.165, 1.54) is 11.3 Å².